The molecule has 0 bridgehead atoms. The first-order chi connectivity index (χ1) is 12.3. The molecule has 0 heterocycles. The Morgan fingerprint density at radius 1 is 1.08 bits per heavy atom. The van der Waals surface area contributed by atoms with Crippen molar-refractivity contribution in [1.29, 1.82) is 0 Å². The molecule has 0 spiro atoms. The zero-order valence-electron chi connectivity index (χ0n) is 16.4. The van der Waals surface area contributed by atoms with Crippen LogP contribution in [-0.2, 0) is 11.2 Å². The van der Waals surface area contributed by atoms with Gasteiger partial charge in [-0.05, 0) is 112 Å². The maximum absolute atomic E-state index is 10.6. The molecule has 3 nitrogen and oxygen atoms in total. The van der Waals surface area contributed by atoms with Gasteiger partial charge in [0.25, 0.3) is 0 Å². The van der Waals surface area contributed by atoms with Crippen LogP contribution in [0.15, 0.2) is 18.2 Å². The Hall–Kier alpha value is -1.06. The molecular weight excluding hydrogens is 324 g/mol. The van der Waals surface area contributed by atoms with Crippen LogP contribution in [0.25, 0.3) is 0 Å². The molecule has 1 aromatic rings. The average molecular weight is 359 g/mol. The van der Waals surface area contributed by atoms with Gasteiger partial charge in [-0.3, -0.25) is 0 Å². The van der Waals surface area contributed by atoms with Crippen molar-refractivity contribution in [2.24, 2.45) is 23.7 Å². The van der Waals surface area contributed by atoms with E-state index in [9.17, 15) is 10.2 Å². The molecule has 2 N–H and O–H groups in total. The second-order valence-electron chi connectivity index (χ2n) is 9.83. The van der Waals surface area contributed by atoms with Crippen LogP contribution in [-0.4, -0.2) is 28.5 Å². The Balaban J connectivity index is 1.61. The van der Waals surface area contributed by atoms with E-state index in [0.717, 1.165) is 32.3 Å². The van der Waals surface area contributed by atoms with E-state index in [-0.39, 0.29) is 11.7 Å². The topological polar surface area (TPSA) is 49.7 Å². The molecule has 0 radical (unpaired) electrons. The molecule has 0 amide bonds. The van der Waals surface area contributed by atoms with E-state index >= 15 is 0 Å². The molecule has 3 heteroatoms. The van der Waals surface area contributed by atoms with Gasteiger partial charge >= 0.3 is 0 Å². The van der Waals surface area contributed by atoms with Crippen molar-refractivity contribution < 1.29 is 14.9 Å². The van der Waals surface area contributed by atoms with Gasteiger partial charge < -0.3 is 14.9 Å². The molecule has 4 rings (SSSR count). The minimum absolute atomic E-state index is 0.0975. The highest BCUT2D eigenvalue weighted by Gasteiger charge is 2.51. The van der Waals surface area contributed by atoms with Gasteiger partial charge in [0.05, 0.1) is 11.7 Å². The summed E-state index contributed by atoms with van der Waals surface area (Å²) in [6, 6.07) is 6.01. The number of hydrogen-bond acceptors (Lipinski definition) is 3. The van der Waals surface area contributed by atoms with Crippen molar-refractivity contribution in [3.05, 3.63) is 29.3 Å². The summed E-state index contributed by atoms with van der Waals surface area (Å²) in [4.78, 5) is 0. The fourth-order valence-corrected chi connectivity index (χ4v) is 6.20. The highest BCUT2D eigenvalue weighted by atomic mass is 16.5. The number of rotatable bonds is 3. The zero-order valence-corrected chi connectivity index (χ0v) is 16.4. The third-order valence-corrected chi connectivity index (χ3v) is 7.19. The van der Waals surface area contributed by atoms with Gasteiger partial charge in [-0.15, -0.1) is 0 Å². The van der Waals surface area contributed by atoms with E-state index in [1.54, 1.807) is 0 Å². The lowest BCUT2D eigenvalue weighted by Crippen LogP contribution is -2.42. The van der Waals surface area contributed by atoms with E-state index in [2.05, 4.69) is 26.8 Å². The van der Waals surface area contributed by atoms with Crippen LogP contribution in [0.2, 0.25) is 0 Å². The minimum atomic E-state index is -0.104. The van der Waals surface area contributed by atoms with Gasteiger partial charge in [-0.1, -0.05) is 6.07 Å². The van der Waals surface area contributed by atoms with Crippen molar-refractivity contribution in [1.82, 2.24) is 0 Å². The van der Waals surface area contributed by atoms with Gasteiger partial charge in [-0.2, -0.15) is 0 Å². The summed E-state index contributed by atoms with van der Waals surface area (Å²) in [7, 11) is 0. The first-order valence-corrected chi connectivity index (χ1v) is 10.5. The second-order valence-corrected chi connectivity index (χ2v) is 9.83. The van der Waals surface area contributed by atoms with E-state index in [0.29, 0.717) is 35.3 Å². The monoisotopic (exact) mass is 358 g/mol. The number of aryl methyl sites for hydroxylation is 1. The van der Waals surface area contributed by atoms with Crippen molar-refractivity contribution in [3.63, 3.8) is 0 Å². The van der Waals surface area contributed by atoms with Crippen molar-refractivity contribution >= 4 is 0 Å². The molecule has 0 saturated heterocycles. The second kappa shape index (κ2) is 6.83. The molecule has 3 aliphatic rings. The van der Waals surface area contributed by atoms with E-state index in [1.165, 1.54) is 24.0 Å². The Morgan fingerprint density at radius 3 is 2.65 bits per heavy atom. The van der Waals surface area contributed by atoms with Crippen LogP contribution < -0.4 is 0 Å². The SMILES string of the molecule is CC(C)(C)OCC[C@H]1CC2C(CC[C@@H]2O)C2CCc3cc(O)ccc3C21. The molecular formula is C23H34O3. The van der Waals surface area contributed by atoms with Crippen LogP contribution in [0, 0.1) is 23.7 Å². The van der Waals surface area contributed by atoms with Gasteiger partial charge in [0.15, 0.2) is 0 Å². The quantitative estimate of drug-likeness (QED) is 0.827. The normalized spacial score (nSPS) is 36.3. The number of aliphatic hydroxyl groups excluding tert-OH is 1. The lowest BCUT2D eigenvalue weighted by atomic mass is 9.56. The number of aliphatic hydroxyl groups is 1. The molecule has 0 aliphatic heterocycles. The number of ether oxygens (including phenoxy) is 1. The zero-order chi connectivity index (χ0) is 18.5. The minimum Gasteiger partial charge on any atom is -0.508 e. The molecule has 0 aromatic heterocycles. The van der Waals surface area contributed by atoms with E-state index in [4.69, 9.17) is 4.74 Å². The molecule has 2 saturated carbocycles. The Kier molecular flexibility index (Phi) is 4.81. The molecule has 144 valence electrons. The summed E-state index contributed by atoms with van der Waals surface area (Å²) in [6.45, 7) is 7.14. The number of benzene rings is 1. The molecule has 2 fully saturated rings. The van der Waals surface area contributed by atoms with E-state index in [1.807, 2.05) is 12.1 Å². The summed E-state index contributed by atoms with van der Waals surface area (Å²) in [6.07, 6.45) is 6.52. The molecule has 1 aromatic carbocycles. The van der Waals surface area contributed by atoms with Crippen LogP contribution in [0.4, 0.5) is 0 Å². The lowest BCUT2D eigenvalue weighted by molar-refractivity contribution is -0.0281. The highest BCUT2D eigenvalue weighted by Crippen LogP contribution is 2.58. The molecule has 26 heavy (non-hydrogen) atoms. The first kappa shape index (κ1) is 18.3. The van der Waals surface area contributed by atoms with Gasteiger partial charge in [0, 0.05) is 6.61 Å². The van der Waals surface area contributed by atoms with Crippen LogP contribution in [0.1, 0.15) is 69.9 Å². The fraction of sp³-hybridized carbons (Fsp3) is 0.739. The van der Waals surface area contributed by atoms with Crippen LogP contribution in [0.5, 0.6) is 5.75 Å². The van der Waals surface area contributed by atoms with Gasteiger partial charge in [0.2, 0.25) is 0 Å². The number of phenolic OH excluding ortho intramolecular Hbond substituents is 1. The average Bonchev–Trinajstić information content (AvgIpc) is 2.94. The maximum atomic E-state index is 10.6. The summed E-state index contributed by atoms with van der Waals surface area (Å²) in [5, 5.41) is 20.5. The van der Waals surface area contributed by atoms with Crippen LogP contribution >= 0.6 is 0 Å². The largest absolute Gasteiger partial charge is 0.508 e. The van der Waals surface area contributed by atoms with E-state index < -0.39 is 0 Å². The third-order valence-electron chi connectivity index (χ3n) is 7.19. The first-order valence-electron chi connectivity index (χ1n) is 10.5. The molecule has 6 atom stereocenters. The Labute approximate surface area is 157 Å². The smallest absolute Gasteiger partial charge is 0.115 e. The Morgan fingerprint density at radius 2 is 1.88 bits per heavy atom. The predicted molar refractivity (Wildman–Crippen MR) is 103 cm³/mol. The maximum Gasteiger partial charge on any atom is 0.115 e. The van der Waals surface area contributed by atoms with Gasteiger partial charge in [-0.25, -0.2) is 0 Å². The van der Waals surface area contributed by atoms with Crippen LogP contribution in [0.3, 0.4) is 0 Å². The van der Waals surface area contributed by atoms with Crippen molar-refractivity contribution in [2.45, 2.75) is 76.9 Å². The predicted octanol–water partition coefficient (Wildman–Crippen LogP) is 4.65. The number of aromatic hydroxyl groups is 1. The van der Waals surface area contributed by atoms with Crippen molar-refractivity contribution in [2.75, 3.05) is 6.61 Å². The number of hydrogen-bond donors (Lipinski definition) is 2. The summed E-state index contributed by atoms with van der Waals surface area (Å²) < 4.78 is 6.05. The lowest BCUT2D eigenvalue weighted by Gasteiger charge is -2.49. The Bertz CT molecular complexity index is 647. The summed E-state index contributed by atoms with van der Waals surface area (Å²) in [5.41, 5.74) is 2.70. The van der Waals surface area contributed by atoms with Crippen molar-refractivity contribution in [3.8, 4) is 5.75 Å². The molecule has 3 aliphatic carbocycles. The molecule has 4 unspecified atom stereocenters. The van der Waals surface area contributed by atoms with Gasteiger partial charge in [0.1, 0.15) is 5.75 Å². The number of fused-ring (bicyclic) bond motifs is 5. The number of phenols is 1. The summed E-state index contributed by atoms with van der Waals surface area (Å²) in [5.74, 6) is 3.36. The summed E-state index contributed by atoms with van der Waals surface area (Å²) >= 11 is 0. The third kappa shape index (κ3) is 3.41. The highest BCUT2D eigenvalue weighted by molar-refractivity contribution is 5.40. The standard InChI is InChI=1S/C23H34O3/c1-23(2,3)26-11-10-15-13-20-18(8-9-21(20)25)19-6-4-14-12-16(24)5-7-17(14)22(15)19/h5,7,12,15,18-22,24-25H,4,6,8-11,13H2,1-3H3/t15-,18?,19?,20?,21-,22?/m0/s1. The fourth-order valence-electron chi connectivity index (χ4n) is 6.20.